The van der Waals surface area contributed by atoms with E-state index in [4.69, 9.17) is 0 Å². The second kappa shape index (κ2) is 8.27. The molecule has 1 aromatic rings. The summed E-state index contributed by atoms with van der Waals surface area (Å²) in [5.41, 5.74) is 2.98. The molecule has 5 rings (SSSR count). The van der Waals surface area contributed by atoms with Gasteiger partial charge in [0.05, 0.1) is 0 Å². The summed E-state index contributed by atoms with van der Waals surface area (Å²) in [6, 6.07) is 9.20. The van der Waals surface area contributed by atoms with Gasteiger partial charge in [-0.3, -0.25) is 4.79 Å². The number of rotatable bonds is 3. The van der Waals surface area contributed by atoms with Crippen LogP contribution in [0, 0.1) is 40.4 Å². The number of nitrogens with zero attached hydrogens (tertiary/aromatic N) is 1. The summed E-state index contributed by atoms with van der Waals surface area (Å²) in [5.74, 6) is 8.56. The van der Waals surface area contributed by atoms with Crippen LogP contribution in [0.2, 0.25) is 0 Å². The van der Waals surface area contributed by atoms with E-state index in [1.165, 1.54) is 16.8 Å². The zero-order valence-corrected chi connectivity index (χ0v) is 21.7. The van der Waals surface area contributed by atoms with Crippen molar-refractivity contribution in [3.8, 4) is 11.8 Å². The molecular formula is C31H41NO2. The topological polar surface area (TPSA) is 40.5 Å². The van der Waals surface area contributed by atoms with Crippen molar-refractivity contribution >= 4 is 11.5 Å². The van der Waals surface area contributed by atoms with Crippen molar-refractivity contribution < 1.29 is 9.90 Å². The van der Waals surface area contributed by atoms with Gasteiger partial charge in [0.1, 0.15) is 5.60 Å². The Bertz CT molecular complexity index is 1060. The van der Waals surface area contributed by atoms with Crippen molar-refractivity contribution in [3.05, 3.63) is 41.5 Å². The first-order chi connectivity index (χ1) is 16.2. The zero-order valence-electron chi connectivity index (χ0n) is 21.7. The van der Waals surface area contributed by atoms with E-state index in [2.05, 4.69) is 68.8 Å². The third-order valence-electron chi connectivity index (χ3n) is 10.6. The molecule has 0 radical (unpaired) electrons. The monoisotopic (exact) mass is 459 g/mol. The van der Waals surface area contributed by atoms with Gasteiger partial charge in [-0.2, -0.15) is 0 Å². The third-order valence-corrected chi connectivity index (χ3v) is 10.6. The van der Waals surface area contributed by atoms with Crippen molar-refractivity contribution in [2.45, 2.75) is 84.2 Å². The lowest BCUT2D eigenvalue weighted by Gasteiger charge is -2.61. The number of hydrogen-bond donors (Lipinski definition) is 1. The van der Waals surface area contributed by atoms with Crippen LogP contribution in [-0.2, 0) is 4.79 Å². The van der Waals surface area contributed by atoms with Crippen molar-refractivity contribution in [3.63, 3.8) is 0 Å². The molecule has 0 saturated heterocycles. The maximum absolute atomic E-state index is 12.4. The van der Waals surface area contributed by atoms with Crippen molar-refractivity contribution in [2.24, 2.45) is 28.6 Å². The Labute approximate surface area is 206 Å². The van der Waals surface area contributed by atoms with Gasteiger partial charge in [-0.05, 0) is 105 Å². The minimum atomic E-state index is -0.905. The molecule has 34 heavy (non-hydrogen) atoms. The molecule has 182 valence electrons. The van der Waals surface area contributed by atoms with Crippen LogP contribution in [0.3, 0.4) is 0 Å². The highest BCUT2D eigenvalue weighted by molar-refractivity contribution is 5.91. The molecule has 0 heterocycles. The number of fused-ring (bicyclic) bond motifs is 5. The molecule has 7 atom stereocenters. The maximum atomic E-state index is 12.4. The second-order valence-electron chi connectivity index (χ2n) is 12.0. The molecule has 0 amide bonds. The largest absolute Gasteiger partial charge is 0.377 e. The quantitative estimate of drug-likeness (QED) is 0.553. The predicted octanol–water partition coefficient (Wildman–Crippen LogP) is 6.12. The molecule has 3 saturated carbocycles. The number of hydrogen-bond acceptors (Lipinski definition) is 3. The van der Waals surface area contributed by atoms with E-state index in [0.717, 1.165) is 45.1 Å². The van der Waals surface area contributed by atoms with E-state index in [1.807, 2.05) is 13.0 Å². The van der Waals surface area contributed by atoms with E-state index in [0.29, 0.717) is 35.9 Å². The van der Waals surface area contributed by atoms with Crippen LogP contribution in [0.15, 0.2) is 35.9 Å². The Hall–Kier alpha value is -2.05. The van der Waals surface area contributed by atoms with Gasteiger partial charge in [-0.1, -0.05) is 37.5 Å². The van der Waals surface area contributed by atoms with Gasteiger partial charge in [0.2, 0.25) is 0 Å². The van der Waals surface area contributed by atoms with E-state index in [-0.39, 0.29) is 10.8 Å². The minimum Gasteiger partial charge on any atom is -0.377 e. The molecular weight excluding hydrogens is 418 g/mol. The van der Waals surface area contributed by atoms with Gasteiger partial charge in [0, 0.05) is 31.1 Å². The van der Waals surface area contributed by atoms with Crippen LogP contribution in [0.5, 0.6) is 0 Å². The highest BCUT2D eigenvalue weighted by Crippen LogP contribution is 2.70. The van der Waals surface area contributed by atoms with Crippen LogP contribution < -0.4 is 4.90 Å². The summed E-state index contributed by atoms with van der Waals surface area (Å²) in [7, 11) is 2.14. The summed E-state index contributed by atoms with van der Waals surface area (Å²) in [5, 5.41) is 11.8. The molecule has 0 spiro atoms. The number of benzene rings is 1. The van der Waals surface area contributed by atoms with Gasteiger partial charge >= 0.3 is 0 Å². The number of aliphatic hydroxyl groups is 1. The molecule has 1 N–H and O–H groups in total. The van der Waals surface area contributed by atoms with Gasteiger partial charge in [0.15, 0.2) is 5.78 Å². The van der Waals surface area contributed by atoms with E-state index < -0.39 is 5.60 Å². The fraction of sp³-hybridized carbons (Fsp3) is 0.645. The van der Waals surface area contributed by atoms with Gasteiger partial charge in [-0.25, -0.2) is 0 Å². The first-order valence-corrected chi connectivity index (χ1v) is 13.4. The zero-order chi connectivity index (χ0) is 24.3. The Kier molecular flexibility index (Phi) is 5.76. The Morgan fingerprint density at radius 3 is 2.53 bits per heavy atom. The number of allylic oxidation sites excluding steroid dienone is 1. The lowest BCUT2D eigenvalue weighted by Crippen LogP contribution is -2.57. The molecule has 0 unspecified atom stereocenters. The van der Waals surface area contributed by atoms with Crippen LogP contribution >= 0.6 is 0 Å². The summed E-state index contributed by atoms with van der Waals surface area (Å²) in [4.78, 5) is 14.6. The average molecular weight is 460 g/mol. The van der Waals surface area contributed by atoms with E-state index >= 15 is 0 Å². The van der Waals surface area contributed by atoms with Crippen LogP contribution in [0.25, 0.3) is 0 Å². The summed E-state index contributed by atoms with van der Waals surface area (Å²) in [6.07, 6.45) is 8.59. The minimum absolute atomic E-state index is 0.0683. The lowest BCUT2D eigenvalue weighted by molar-refractivity contribution is -0.122. The molecule has 1 aromatic carbocycles. The average Bonchev–Trinajstić information content (AvgIpc) is 3.09. The summed E-state index contributed by atoms with van der Waals surface area (Å²) in [6.45, 7) is 9.80. The lowest BCUT2D eigenvalue weighted by atomic mass is 9.43. The number of carbonyl (C=O) groups is 1. The molecule has 4 aliphatic rings. The van der Waals surface area contributed by atoms with Gasteiger partial charge in [-0.15, -0.1) is 5.92 Å². The van der Waals surface area contributed by atoms with Crippen LogP contribution in [0.1, 0.15) is 84.1 Å². The SMILES string of the molecule is CC#C[C@]1(O)CC[C@H]2[C@@H]3CCC4=CC(=O)CC[C@]4(C)[C@H]3[C@@H](c3ccc(N(C)CC)cc3)C[C@@]21C. The van der Waals surface area contributed by atoms with Crippen molar-refractivity contribution in [2.75, 3.05) is 18.5 Å². The predicted molar refractivity (Wildman–Crippen MR) is 139 cm³/mol. The molecule has 4 aliphatic carbocycles. The van der Waals surface area contributed by atoms with Crippen LogP contribution in [-0.4, -0.2) is 30.1 Å². The van der Waals surface area contributed by atoms with E-state index in [1.54, 1.807) is 0 Å². The maximum Gasteiger partial charge on any atom is 0.155 e. The number of anilines is 1. The van der Waals surface area contributed by atoms with Crippen molar-refractivity contribution in [1.29, 1.82) is 0 Å². The van der Waals surface area contributed by atoms with Crippen LogP contribution in [0.4, 0.5) is 5.69 Å². The summed E-state index contributed by atoms with van der Waals surface area (Å²) < 4.78 is 0. The molecule has 0 aromatic heterocycles. The van der Waals surface area contributed by atoms with Gasteiger partial charge in [0.25, 0.3) is 0 Å². The van der Waals surface area contributed by atoms with E-state index in [9.17, 15) is 9.90 Å². The Morgan fingerprint density at radius 1 is 1.12 bits per heavy atom. The molecule has 3 heteroatoms. The summed E-state index contributed by atoms with van der Waals surface area (Å²) >= 11 is 0. The second-order valence-corrected chi connectivity index (χ2v) is 12.0. The molecule has 0 aliphatic heterocycles. The third kappa shape index (κ3) is 3.32. The van der Waals surface area contributed by atoms with Gasteiger partial charge < -0.3 is 10.0 Å². The highest BCUT2D eigenvalue weighted by Gasteiger charge is 2.66. The molecule has 0 bridgehead atoms. The Balaban J connectivity index is 1.63. The first-order valence-electron chi connectivity index (χ1n) is 13.4. The highest BCUT2D eigenvalue weighted by atomic mass is 16.3. The van der Waals surface area contributed by atoms with Crippen molar-refractivity contribution in [1.82, 2.24) is 0 Å². The standard InChI is InChI=1S/C31H41NO2/c1-6-16-31(34)18-15-27-25-13-10-22-19-24(33)14-17-29(22,3)28(25)26(20-30(27,31)4)21-8-11-23(12-9-21)32(5)7-2/h8-9,11-12,19,25-28,34H,7,10,13-15,17-18,20H2,1-5H3/t25-,26+,27-,28+,29-,30-,31-/m0/s1. The Morgan fingerprint density at radius 2 is 1.85 bits per heavy atom. The fourth-order valence-corrected chi connectivity index (χ4v) is 8.64. The first kappa shape index (κ1) is 23.7. The number of ketones is 1. The molecule has 3 fully saturated rings. The number of carbonyl (C=O) groups excluding carboxylic acids is 1. The fourth-order valence-electron chi connectivity index (χ4n) is 8.64. The smallest absolute Gasteiger partial charge is 0.155 e. The normalized spacial score (nSPS) is 40.9. The molecule has 3 nitrogen and oxygen atoms in total.